The molecule has 0 aromatic heterocycles. The molecule has 1 fully saturated rings. The van der Waals surface area contributed by atoms with Crippen molar-refractivity contribution in [1.29, 1.82) is 0 Å². The molecule has 1 unspecified atom stereocenters. The lowest BCUT2D eigenvalue weighted by atomic mass is 10.3. The van der Waals surface area contributed by atoms with Crippen LogP contribution in [0.25, 0.3) is 0 Å². The summed E-state index contributed by atoms with van der Waals surface area (Å²) in [5.41, 5.74) is 0. The molecule has 1 saturated heterocycles. The molecule has 0 aliphatic carbocycles. The number of rotatable bonds is 1. The van der Waals surface area contributed by atoms with Crippen LogP contribution in [0.5, 0.6) is 0 Å². The summed E-state index contributed by atoms with van der Waals surface area (Å²) in [5.74, 6) is -0.333. The Morgan fingerprint density at radius 2 is 2.10 bits per heavy atom. The second-order valence-corrected chi connectivity index (χ2v) is 2.86. The normalized spacial score (nSPS) is 29.7. The molecule has 0 saturated carbocycles. The first-order chi connectivity index (χ1) is 4.14. The highest BCUT2D eigenvalue weighted by atomic mass is 32.1. The molecule has 0 radical (unpaired) electrons. The van der Waals surface area contributed by atoms with Gasteiger partial charge in [-0.3, -0.25) is 0 Å². The summed E-state index contributed by atoms with van der Waals surface area (Å²) >= 11 is 0. The Morgan fingerprint density at radius 3 is 2.30 bits per heavy atom. The number of hydrogen-bond acceptors (Lipinski definition) is 2. The van der Waals surface area contributed by atoms with E-state index in [1.165, 1.54) is 0 Å². The molecule has 1 aliphatic heterocycles. The number of hydrogen-bond donors (Lipinski definition) is 0. The molecule has 0 N–H and O–H groups in total. The number of ether oxygens (including phenoxy) is 2. The largest absolute Gasteiger partial charge is 0.348 e. The molecule has 0 spiro atoms. The van der Waals surface area contributed by atoms with E-state index in [-0.39, 0.29) is 19.3 Å². The van der Waals surface area contributed by atoms with E-state index in [9.17, 15) is 0 Å². The molecule has 62 valence electrons. The summed E-state index contributed by atoms with van der Waals surface area (Å²) in [4.78, 5) is 0. The van der Waals surface area contributed by atoms with Gasteiger partial charge in [0.25, 0.3) is 0 Å². The van der Waals surface area contributed by atoms with Gasteiger partial charge in [0.2, 0.25) is 0 Å². The minimum atomic E-state index is -0.333. The first-order valence-electron chi connectivity index (χ1n) is 3.46. The van der Waals surface area contributed by atoms with Crippen molar-refractivity contribution in [3.63, 3.8) is 0 Å². The third-order valence-corrected chi connectivity index (χ3v) is 1.52. The molecule has 0 amide bonds. The van der Waals surface area contributed by atoms with Crippen molar-refractivity contribution in [1.82, 2.24) is 0 Å². The average Bonchev–Trinajstić information content (AvgIpc) is 2.10. The van der Waals surface area contributed by atoms with E-state index in [4.69, 9.17) is 9.47 Å². The molecular weight excluding hydrogens is 148 g/mol. The molecule has 0 aromatic carbocycles. The van der Waals surface area contributed by atoms with Crippen molar-refractivity contribution in [2.45, 2.75) is 39.1 Å². The third-order valence-electron chi connectivity index (χ3n) is 1.52. The Balaban J connectivity index is 0.000000810. The molecule has 1 atom stereocenters. The Morgan fingerprint density at radius 1 is 1.50 bits per heavy atom. The van der Waals surface area contributed by atoms with Crippen LogP contribution in [0.4, 0.5) is 0 Å². The van der Waals surface area contributed by atoms with Gasteiger partial charge < -0.3 is 9.47 Å². The quantitative estimate of drug-likeness (QED) is 0.587. The monoisotopic (exact) mass is 164 g/mol. The fourth-order valence-corrected chi connectivity index (χ4v) is 0.964. The molecule has 2 nitrogen and oxygen atoms in total. The molecule has 1 heterocycles. The lowest BCUT2D eigenvalue weighted by Crippen LogP contribution is -2.21. The molecular formula is C7H16O2S. The van der Waals surface area contributed by atoms with E-state index in [1.54, 1.807) is 0 Å². The maximum Gasteiger partial charge on any atom is 0.163 e. The second kappa shape index (κ2) is 3.60. The van der Waals surface area contributed by atoms with E-state index in [1.807, 2.05) is 13.8 Å². The van der Waals surface area contributed by atoms with Crippen LogP contribution >= 0.6 is 13.5 Å². The molecule has 0 bridgehead atoms. The van der Waals surface area contributed by atoms with Crippen molar-refractivity contribution in [3.8, 4) is 0 Å². The molecule has 3 heteroatoms. The Bertz CT molecular complexity index is 104. The third kappa shape index (κ3) is 2.48. The van der Waals surface area contributed by atoms with E-state index in [0.29, 0.717) is 6.10 Å². The zero-order chi connectivity index (χ0) is 6.91. The minimum Gasteiger partial charge on any atom is -0.348 e. The summed E-state index contributed by atoms with van der Waals surface area (Å²) in [6, 6.07) is 0. The molecule has 1 aliphatic rings. The smallest absolute Gasteiger partial charge is 0.163 e. The van der Waals surface area contributed by atoms with E-state index in [0.717, 1.165) is 13.0 Å². The predicted octanol–water partition coefficient (Wildman–Crippen LogP) is 1.66. The van der Waals surface area contributed by atoms with Crippen LogP contribution in [0.3, 0.4) is 0 Å². The van der Waals surface area contributed by atoms with Gasteiger partial charge in [0, 0.05) is 0 Å². The van der Waals surface area contributed by atoms with Crippen LogP contribution in [0, 0.1) is 0 Å². The summed E-state index contributed by atoms with van der Waals surface area (Å²) in [7, 11) is 0. The molecule has 0 aromatic rings. The van der Waals surface area contributed by atoms with Gasteiger partial charge in [0.05, 0.1) is 12.7 Å². The summed E-state index contributed by atoms with van der Waals surface area (Å²) in [6.45, 7) is 6.75. The second-order valence-electron chi connectivity index (χ2n) is 2.86. The summed E-state index contributed by atoms with van der Waals surface area (Å²) < 4.78 is 10.8. The highest BCUT2D eigenvalue weighted by Gasteiger charge is 2.31. The van der Waals surface area contributed by atoms with Gasteiger partial charge in [-0.2, -0.15) is 13.5 Å². The average molecular weight is 164 g/mol. The van der Waals surface area contributed by atoms with Gasteiger partial charge >= 0.3 is 0 Å². The standard InChI is InChI=1S/C7H14O2.H2S/c1-4-6-5-8-7(2,3)9-6;/h6H,4-5H2,1-3H3;1H2. The van der Waals surface area contributed by atoms with Crippen molar-refractivity contribution in [3.05, 3.63) is 0 Å². The first kappa shape index (κ1) is 10.3. The van der Waals surface area contributed by atoms with Crippen molar-refractivity contribution < 1.29 is 9.47 Å². The Kier molecular flexibility index (Phi) is 3.70. The SMILES string of the molecule is CCC1COC(C)(C)O1.S. The maximum atomic E-state index is 5.48. The van der Waals surface area contributed by atoms with Crippen LogP contribution < -0.4 is 0 Å². The Hall–Kier alpha value is 0.270. The van der Waals surface area contributed by atoms with Gasteiger partial charge in [-0.15, -0.1) is 0 Å². The minimum absolute atomic E-state index is 0. The van der Waals surface area contributed by atoms with Gasteiger partial charge in [-0.05, 0) is 20.3 Å². The van der Waals surface area contributed by atoms with E-state index < -0.39 is 0 Å². The van der Waals surface area contributed by atoms with Crippen LogP contribution in [-0.4, -0.2) is 18.5 Å². The van der Waals surface area contributed by atoms with Gasteiger partial charge in [0.15, 0.2) is 5.79 Å². The zero-order valence-corrected chi connectivity index (χ0v) is 7.81. The fourth-order valence-electron chi connectivity index (χ4n) is 0.964. The molecule has 1 rings (SSSR count). The van der Waals surface area contributed by atoms with E-state index >= 15 is 0 Å². The van der Waals surface area contributed by atoms with Crippen LogP contribution in [0.15, 0.2) is 0 Å². The van der Waals surface area contributed by atoms with Crippen LogP contribution in [-0.2, 0) is 9.47 Å². The van der Waals surface area contributed by atoms with E-state index in [2.05, 4.69) is 6.92 Å². The van der Waals surface area contributed by atoms with Gasteiger partial charge in [-0.1, -0.05) is 6.92 Å². The predicted molar refractivity (Wildman–Crippen MR) is 45.6 cm³/mol. The lowest BCUT2D eigenvalue weighted by Gasteiger charge is -2.16. The highest BCUT2D eigenvalue weighted by molar-refractivity contribution is 7.59. The topological polar surface area (TPSA) is 18.5 Å². The van der Waals surface area contributed by atoms with Gasteiger partial charge in [0.1, 0.15) is 0 Å². The lowest BCUT2D eigenvalue weighted by molar-refractivity contribution is -0.138. The summed E-state index contributed by atoms with van der Waals surface area (Å²) in [6.07, 6.45) is 1.36. The van der Waals surface area contributed by atoms with Crippen molar-refractivity contribution in [2.75, 3.05) is 6.61 Å². The van der Waals surface area contributed by atoms with Gasteiger partial charge in [-0.25, -0.2) is 0 Å². The maximum absolute atomic E-state index is 5.48. The zero-order valence-electron chi connectivity index (χ0n) is 6.81. The fraction of sp³-hybridized carbons (Fsp3) is 1.00. The van der Waals surface area contributed by atoms with Crippen LogP contribution in [0.1, 0.15) is 27.2 Å². The van der Waals surface area contributed by atoms with Crippen LogP contribution in [0.2, 0.25) is 0 Å². The van der Waals surface area contributed by atoms with Crippen molar-refractivity contribution in [2.24, 2.45) is 0 Å². The van der Waals surface area contributed by atoms with Crippen molar-refractivity contribution >= 4 is 13.5 Å². The summed E-state index contributed by atoms with van der Waals surface area (Å²) in [5, 5.41) is 0. The molecule has 10 heavy (non-hydrogen) atoms. The Labute approximate surface area is 69.3 Å². The highest BCUT2D eigenvalue weighted by Crippen LogP contribution is 2.23. The first-order valence-corrected chi connectivity index (χ1v) is 3.46.